The van der Waals surface area contributed by atoms with Crippen molar-refractivity contribution in [2.75, 3.05) is 49.3 Å². The zero-order valence-corrected chi connectivity index (χ0v) is 21.5. The standard InChI is InChI=1S/C25H36N8S/c1-25(2)17-7-6-16(19(25)12-17)14-27-22-30-23(32-24(31-22)33(4)11-5-10-26-3)29-18-8-9-20-21(13-18)34-15-28-20/h8-9,13,15-17,19,26H,5-7,10-12,14H2,1-4H3,(H2,27,29,30,31,32)/t16-,17?,19-/m0/s1. The van der Waals surface area contributed by atoms with Crippen LogP contribution in [-0.4, -0.2) is 53.7 Å². The molecule has 3 aromatic rings. The summed E-state index contributed by atoms with van der Waals surface area (Å²) in [5.74, 6) is 4.28. The van der Waals surface area contributed by atoms with E-state index in [0.717, 1.165) is 53.8 Å². The van der Waals surface area contributed by atoms with Crippen molar-refractivity contribution in [2.24, 2.45) is 23.2 Å². The second-order valence-electron chi connectivity index (χ2n) is 10.4. The Morgan fingerprint density at radius 2 is 2.00 bits per heavy atom. The Morgan fingerprint density at radius 1 is 1.15 bits per heavy atom. The summed E-state index contributed by atoms with van der Waals surface area (Å²) in [6, 6.07) is 6.14. The number of hydrogen-bond acceptors (Lipinski definition) is 9. The number of nitrogens with one attached hydrogen (secondary N) is 3. The van der Waals surface area contributed by atoms with E-state index in [-0.39, 0.29) is 0 Å². The van der Waals surface area contributed by atoms with E-state index in [4.69, 9.17) is 15.0 Å². The van der Waals surface area contributed by atoms with E-state index in [1.165, 1.54) is 19.3 Å². The lowest BCUT2D eigenvalue weighted by Gasteiger charge is -2.60. The maximum absolute atomic E-state index is 4.78. The molecule has 0 amide bonds. The van der Waals surface area contributed by atoms with Crippen molar-refractivity contribution < 1.29 is 0 Å². The third kappa shape index (κ3) is 4.68. The van der Waals surface area contributed by atoms with Gasteiger partial charge in [-0.05, 0) is 80.6 Å². The second-order valence-corrected chi connectivity index (χ2v) is 11.3. The molecule has 0 spiro atoms. The van der Waals surface area contributed by atoms with Crippen LogP contribution in [0.5, 0.6) is 0 Å². The minimum absolute atomic E-state index is 0.477. The fourth-order valence-electron chi connectivity index (χ4n) is 5.75. The fourth-order valence-corrected chi connectivity index (χ4v) is 6.47. The van der Waals surface area contributed by atoms with Crippen LogP contribution < -0.4 is 20.9 Å². The molecule has 2 heterocycles. The van der Waals surface area contributed by atoms with Gasteiger partial charge in [-0.2, -0.15) is 15.0 Å². The van der Waals surface area contributed by atoms with Crippen LogP contribution in [0.15, 0.2) is 23.7 Å². The zero-order valence-electron chi connectivity index (χ0n) is 20.6. The third-order valence-corrected chi connectivity index (χ3v) is 8.79. The van der Waals surface area contributed by atoms with E-state index in [0.29, 0.717) is 29.2 Å². The van der Waals surface area contributed by atoms with E-state index < -0.39 is 0 Å². The minimum Gasteiger partial charge on any atom is -0.354 e. The van der Waals surface area contributed by atoms with Crippen molar-refractivity contribution >= 4 is 45.1 Å². The molecule has 3 saturated carbocycles. The lowest BCUT2D eigenvalue weighted by molar-refractivity contribution is -0.100. The van der Waals surface area contributed by atoms with Gasteiger partial charge in [0.2, 0.25) is 17.8 Å². The zero-order chi connectivity index (χ0) is 23.7. The first-order valence-corrected chi connectivity index (χ1v) is 13.3. The number of benzene rings is 1. The highest BCUT2D eigenvalue weighted by Crippen LogP contribution is 2.61. The van der Waals surface area contributed by atoms with Crippen LogP contribution in [0.2, 0.25) is 0 Å². The van der Waals surface area contributed by atoms with Gasteiger partial charge in [0.05, 0.1) is 15.7 Å². The second kappa shape index (κ2) is 9.62. The van der Waals surface area contributed by atoms with Crippen molar-refractivity contribution in [3.05, 3.63) is 23.7 Å². The van der Waals surface area contributed by atoms with Crippen LogP contribution in [0, 0.1) is 23.2 Å². The predicted molar refractivity (Wildman–Crippen MR) is 141 cm³/mol. The van der Waals surface area contributed by atoms with E-state index in [1.807, 2.05) is 31.7 Å². The van der Waals surface area contributed by atoms with Gasteiger partial charge in [-0.1, -0.05) is 13.8 Å². The molecule has 34 heavy (non-hydrogen) atoms. The Hall–Kier alpha value is -2.52. The molecule has 6 rings (SSSR count). The van der Waals surface area contributed by atoms with Crippen molar-refractivity contribution in [3.8, 4) is 0 Å². The summed E-state index contributed by atoms with van der Waals surface area (Å²) in [6.07, 6.45) is 5.04. The third-order valence-electron chi connectivity index (χ3n) is 8.00. The monoisotopic (exact) mass is 480 g/mol. The highest BCUT2D eigenvalue weighted by Gasteiger charge is 2.53. The highest BCUT2D eigenvalue weighted by atomic mass is 32.1. The molecule has 3 aliphatic rings. The molecule has 182 valence electrons. The van der Waals surface area contributed by atoms with Crippen LogP contribution in [0.25, 0.3) is 10.2 Å². The predicted octanol–water partition coefficient (Wildman–Crippen LogP) is 4.75. The number of fused-ring (bicyclic) bond motifs is 3. The lowest BCUT2D eigenvalue weighted by atomic mass is 9.45. The van der Waals surface area contributed by atoms with Crippen LogP contribution in [-0.2, 0) is 0 Å². The molecule has 8 nitrogen and oxygen atoms in total. The Labute approximate surface area is 206 Å². The molecular weight excluding hydrogens is 444 g/mol. The smallest absolute Gasteiger partial charge is 0.233 e. The van der Waals surface area contributed by atoms with Gasteiger partial charge in [-0.25, -0.2) is 4.98 Å². The van der Waals surface area contributed by atoms with E-state index in [1.54, 1.807) is 11.3 Å². The number of anilines is 4. The van der Waals surface area contributed by atoms with Gasteiger partial charge >= 0.3 is 0 Å². The molecule has 2 bridgehead atoms. The Morgan fingerprint density at radius 3 is 2.79 bits per heavy atom. The summed E-state index contributed by atoms with van der Waals surface area (Å²) in [5.41, 5.74) is 4.30. The molecule has 1 aromatic carbocycles. The molecule has 9 heteroatoms. The first-order valence-electron chi connectivity index (χ1n) is 12.4. The largest absolute Gasteiger partial charge is 0.354 e. The minimum atomic E-state index is 0.477. The summed E-state index contributed by atoms with van der Waals surface area (Å²) < 4.78 is 1.14. The molecule has 0 saturated heterocycles. The normalized spacial score (nSPS) is 22.9. The average molecular weight is 481 g/mol. The summed E-state index contributed by atoms with van der Waals surface area (Å²) in [4.78, 5) is 20.7. The average Bonchev–Trinajstić information content (AvgIpc) is 3.30. The maximum atomic E-state index is 4.78. The molecule has 0 aliphatic heterocycles. The summed E-state index contributed by atoms with van der Waals surface area (Å²) in [7, 11) is 4.02. The summed E-state index contributed by atoms with van der Waals surface area (Å²) in [5, 5.41) is 10.2. The first-order chi connectivity index (χ1) is 16.4. The molecule has 3 fully saturated rings. The SMILES string of the molecule is CNCCCN(C)c1nc(NC[C@@H]2CCC3C[C@@H]2C3(C)C)nc(Nc2ccc3ncsc3c2)n1. The van der Waals surface area contributed by atoms with E-state index >= 15 is 0 Å². The van der Waals surface area contributed by atoms with Crippen LogP contribution >= 0.6 is 11.3 Å². The molecule has 0 radical (unpaired) electrons. The summed E-state index contributed by atoms with van der Waals surface area (Å²) >= 11 is 1.63. The topological polar surface area (TPSA) is 90.9 Å². The van der Waals surface area contributed by atoms with Crippen LogP contribution in [0.3, 0.4) is 0 Å². The van der Waals surface area contributed by atoms with Crippen LogP contribution in [0.1, 0.15) is 39.5 Å². The number of rotatable bonds is 10. The van der Waals surface area contributed by atoms with Crippen LogP contribution in [0.4, 0.5) is 23.5 Å². The number of aromatic nitrogens is 4. The van der Waals surface area contributed by atoms with E-state index in [9.17, 15) is 0 Å². The number of hydrogen-bond donors (Lipinski definition) is 3. The summed E-state index contributed by atoms with van der Waals surface area (Å²) in [6.45, 7) is 7.64. The lowest BCUT2D eigenvalue weighted by Crippen LogP contribution is -2.53. The quantitative estimate of drug-likeness (QED) is 0.358. The van der Waals surface area contributed by atoms with Gasteiger partial charge in [0.1, 0.15) is 0 Å². The van der Waals surface area contributed by atoms with Gasteiger partial charge in [0.15, 0.2) is 0 Å². The Balaban J connectivity index is 1.34. The highest BCUT2D eigenvalue weighted by molar-refractivity contribution is 7.16. The Kier molecular flexibility index (Phi) is 6.57. The molecule has 3 N–H and O–H groups in total. The van der Waals surface area contributed by atoms with Crippen molar-refractivity contribution in [2.45, 2.75) is 39.5 Å². The first kappa shape index (κ1) is 23.2. The van der Waals surface area contributed by atoms with Crippen molar-refractivity contribution in [3.63, 3.8) is 0 Å². The Bertz CT molecular complexity index is 1130. The van der Waals surface area contributed by atoms with Gasteiger partial charge in [-0.15, -0.1) is 11.3 Å². The molecule has 2 aromatic heterocycles. The molecule has 3 aliphatic carbocycles. The van der Waals surface area contributed by atoms with Gasteiger partial charge in [0.25, 0.3) is 0 Å². The number of thiazole rings is 1. The van der Waals surface area contributed by atoms with Crippen molar-refractivity contribution in [1.29, 1.82) is 0 Å². The molecule has 3 atom stereocenters. The van der Waals surface area contributed by atoms with Gasteiger partial charge < -0.3 is 20.9 Å². The fraction of sp³-hybridized carbons (Fsp3) is 0.600. The van der Waals surface area contributed by atoms with Gasteiger partial charge in [-0.3, -0.25) is 0 Å². The van der Waals surface area contributed by atoms with Crippen molar-refractivity contribution in [1.82, 2.24) is 25.3 Å². The maximum Gasteiger partial charge on any atom is 0.233 e. The van der Waals surface area contributed by atoms with Gasteiger partial charge in [0, 0.05) is 25.8 Å². The van der Waals surface area contributed by atoms with E-state index in [2.05, 4.69) is 45.7 Å². The molecular formula is C25H36N8S. The molecule has 1 unspecified atom stereocenters. The number of nitrogens with zero attached hydrogens (tertiary/aromatic N) is 5.